The maximum Gasteiger partial charge on any atom is 0.274 e. The largest absolute Gasteiger partial charge is 0.335 e. The van der Waals surface area contributed by atoms with Crippen molar-refractivity contribution in [2.75, 3.05) is 26.2 Å². The predicted molar refractivity (Wildman–Crippen MR) is 77.4 cm³/mol. The summed E-state index contributed by atoms with van der Waals surface area (Å²) in [6.45, 7) is 3.19. The van der Waals surface area contributed by atoms with E-state index in [4.69, 9.17) is 0 Å². The quantitative estimate of drug-likeness (QED) is 0.890. The van der Waals surface area contributed by atoms with Gasteiger partial charge < -0.3 is 10.2 Å². The lowest BCUT2D eigenvalue weighted by Gasteiger charge is -2.26. The van der Waals surface area contributed by atoms with Gasteiger partial charge in [-0.2, -0.15) is 5.10 Å². The van der Waals surface area contributed by atoms with E-state index >= 15 is 0 Å². The third-order valence-electron chi connectivity index (χ3n) is 3.57. The van der Waals surface area contributed by atoms with Crippen molar-refractivity contribution in [1.82, 2.24) is 20.0 Å². The second-order valence-electron chi connectivity index (χ2n) is 4.95. The van der Waals surface area contributed by atoms with E-state index in [0.717, 1.165) is 37.4 Å². The highest BCUT2D eigenvalue weighted by Crippen LogP contribution is 2.20. The number of nitrogens with one attached hydrogen (secondary N) is 1. The predicted octanol–water partition coefficient (Wildman–Crippen LogP) is 1.13. The Morgan fingerprint density at radius 3 is 2.60 bits per heavy atom. The van der Waals surface area contributed by atoms with E-state index in [1.165, 1.54) is 0 Å². The molecule has 1 fully saturated rings. The summed E-state index contributed by atoms with van der Waals surface area (Å²) < 4.78 is 1.77. The molecule has 1 amide bonds. The van der Waals surface area contributed by atoms with Gasteiger partial charge >= 0.3 is 0 Å². The zero-order valence-corrected chi connectivity index (χ0v) is 11.5. The molecule has 3 rings (SSSR count). The molecule has 2 aromatic rings. The Morgan fingerprint density at radius 2 is 1.90 bits per heavy atom. The lowest BCUT2D eigenvalue weighted by Crippen LogP contribution is -2.46. The molecule has 0 unspecified atom stereocenters. The zero-order valence-electron chi connectivity index (χ0n) is 11.5. The average molecular weight is 270 g/mol. The number of carbonyl (C=O) groups is 1. The number of carbonyl (C=O) groups excluding carboxylic acids is 1. The molecule has 104 valence electrons. The van der Waals surface area contributed by atoms with E-state index < -0.39 is 0 Å². The van der Waals surface area contributed by atoms with Gasteiger partial charge in [0, 0.05) is 33.2 Å². The molecule has 5 nitrogen and oxygen atoms in total. The van der Waals surface area contributed by atoms with Crippen LogP contribution in [0.2, 0.25) is 0 Å². The van der Waals surface area contributed by atoms with Crippen LogP contribution in [0.25, 0.3) is 11.3 Å². The average Bonchev–Trinajstić information content (AvgIpc) is 2.90. The molecular weight excluding hydrogens is 252 g/mol. The van der Waals surface area contributed by atoms with Crippen LogP contribution >= 0.6 is 0 Å². The Bertz CT molecular complexity index is 600. The zero-order chi connectivity index (χ0) is 13.9. The molecular formula is C15H18N4O. The number of rotatable bonds is 2. The van der Waals surface area contributed by atoms with Gasteiger partial charge in [-0.3, -0.25) is 9.48 Å². The van der Waals surface area contributed by atoms with Gasteiger partial charge in [0.2, 0.25) is 0 Å². The van der Waals surface area contributed by atoms with Crippen molar-refractivity contribution >= 4 is 5.91 Å². The maximum absolute atomic E-state index is 12.4. The second kappa shape index (κ2) is 5.46. The van der Waals surface area contributed by atoms with E-state index in [-0.39, 0.29) is 5.91 Å². The van der Waals surface area contributed by atoms with Gasteiger partial charge in [0.1, 0.15) is 0 Å². The first-order valence-corrected chi connectivity index (χ1v) is 6.85. The molecule has 1 saturated heterocycles. The molecule has 0 radical (unpaired) electrons. The van der Waals surface area contributed by atoms with Crippen LogP contribution in [-0.4, -0.2) is 46.8 Å². The minimum Gasteiger partial charge on any atom is -0.335 e. The van der Waals surface area contributed by atoms with E-state index in [1.807, 2.05) is 48.3 Å². The number of piperazine rings is 1. The van der Waals surface area contributed by atoms with E-state index in [9.17, 15) is 4.79 Å². The van der Waals surface area contributed by atoms with Gasteiger partial charge in [0.15, 0.2) is 5.69 Å². The number of aromatic nitrogens is 2. The van der Waals surface area contributed by atoms with Gasteiger partial charge in [0.05, 0.1) is 5.69 Å². The molecule has 1 aromatic carbocycles. The highest BCUT2D eigenvalue weighted by atomic mass is 16.2. The number of amides is 1. The minimum absolute atomic E-state index is 0.0179. The molecule has 1 aliphatic rings. The fourth-order valence-corrected chi connectivity index (χ4v) is 2.48. The summed E-state index contributed by atoms with van der Waals surface area (Å²) in [5.41, 5.74) is 2.55. The Labute approximate surface area is 118 Å². The molecule has 20 heavy (non-hydrogen) atoms. The summed E-state index contributed by atoms with van der Waals surface area (Å²) in [5, 5.41) is 7.61. The van der Waals surface area contributed by atoms with Crippen LogP contribution in [0, 0.1) is 0 Å². The first kappa shape index (κ1) is 12.9. The number of hydrogen-bond acceptors (Lipinski definition) is 3. The Hall–Kier alpha value is -2.14. The third-order valence-corrected chi connectivity index (χ3v) is 3.57. The standard InChI is InChI=1S/C15H18N4O/c1-18-14(12-5-3-2-4-6-12)11-13(17-18)15(20)19-9-7-16-8-10-19/h2-6,11,16H,7-10H2,1H3. The van der Waals surface area contributed by atoms with Crippen molar-refractivity contribution < 1.29 is 4.79 Å². The summed E-state index contributed by atoms with van der Waals surface area (Å²) in [5.74, 6) is 0.0179. The molecule has 0 bridgehead atoms. The van der Waals surface area contributed by atoms with Crippen molar-refractivity contribution in [3.63, 3.8) is 0 Å². The van der Waals surface area contributed by atoms with Crippen molar-refractivity contribution in [3.05, 3.63) is 42.1 Å². The molecule has 1 aliphatic heterocycles. The van der Waals surface area contributed by atoms with E-state index in [1.54, 1.807) is 4.68 Å². The van der Waals surface area contributed by atoms with Crippen molar-refractivity contribution in [3.8, 4) is 11.3 Å². The molecule has 1 aromatic heterocycles. The number of hydrogen-bond donors (Lipinski definition) is 1. The molecule has 0 atom stereocenters. The van der Waals surface area contributed by atoms with Gasteiger partial charge in [-0.25, -0.2) is 0 Å². The van der Waals surface area contributed by atoms with Crippen molar-refractivity contribution in [1.29, 1.82) is 0 Å². The van der Waals surface area contributed by atoms with Gasteiger partial charge in [0.25, 0.3) is 5.91 Å². The highest BCUT2D eigenvalue weighted by Gasteiger charge is 2.21. The SMILES string of the molecule is Cn1nc(C(=O)N2CCNCC2)cc1-c1ccccc1. The summed E-state index contributed by atoms with van der Waals surface area (Å²) in [6, 6.07) is 11.9. The lowest BCUT2D eigenvalue weighted by atomic mass is 10.1. The fourth-order valence-electron chi connectivity index (χ4n) is 2.48. The molecule has 2 heterocycles. The van der Waals surface area contributed by atoms with Crippen LogP contribution in [0.3, 0.4) is 0 Å². The van der Waals surface area contributed by atoms with Crippen molar-refractivity contribution in [2.24, 2.45) is 7.05 Å². The third kappa shape index (κ3) is 2.44. The van der Waals surface area contributed by atoms with Crippen LogP contribution in [0.4, 0.5) is 0 Å². The van der Waals surface area contributed by atoms with Crippen LogP contribution in [0.15, 0.2) is 36.4 Å². The first-order chi connectivity index (χ1) is 9.75. The normalized spacial score (nSPS) is 15.3. The first-order valence-electron chi connectivity index (χ1n) is 6.85. The summed E-state index contributed by atoms with van der Waals surface area (Å²) in [6.07, 6.45) is 0. The summed E-state index contributed by atoms with van der Waals surface area (Å²) in [4.78, 5) is 14.3. The molecule has 1 N–H and O–H groups in total. The van der Waals surface area contributed by atoms with Gasteiger partial charge in [-0.15, -0.1) is 0 Å². The second-order valence-corrected chi connectivity index (χ2v) is 4.95. The topological polar surface area (TPSA) is 50.2 Å². The van der Waals surface area contributed by atoms with Crippen LogP contribution in [0.1, 0.15) is 10.5 Å². The summed E-state index contributed by atoms with van der Waals surface area (Å²) >= 11 is 0. The van der Waals surface area contributed by atoms with Crippen LogP contribution < -0.4 is 5.32 Å². The Kier molecular flexibility index (Phi) is 3.52. The van der Waals surface area contributed by atoms with Crippen LogP contribution in [0.5, 0.6) is 0 Å². The smallest absolute Gasteiger partial charge is 0.274 e. The molecule has 0 aliphatic carbocycles. The van der Waals surface area contributed by atoms with E-state index in [2.05, 4.69) is 10.4 Å². The summed E-state index contributed by atoms with van der Waals surface area (Å²) in [7, 11) is 1.87. The van der Waals surface area contributed by atoms with Gasteiger partial charge in [-0.1, -0.05) is 30.3 Å². The molecule has 0 spiro atoms. The Balaban J connectivity index is 1.87. The monoisotopic (exact) mass is 270 g/mol. The van der Waals surface area contributed by atoms with Crippen LogP contribution in [-0.2, 0) is 7.05 Å². The molecule has 0 saturated carbocycles. The fraction of sp³-hybridized carbons (Fsp3) is 0.333. The minimum atomic E-state index is 0.0179. The number of nitrogens with zero attached hydrogens (tertiary/aromatic N) is 3. The lowest BCUT2D eigenvalue weighted by molar-refractivity contribution is 0.0729. The van der Waals surface area contributed by atoms with Crippen molar-refractivity contribution in [2.45, 2.75) is 0 Å². The van der Waals surface area contributed by atoms with E-state index in [0.29, 0.717) is 5.69 Å². The Morgan fingerprint density at radius 1 is 1.20 bits per heavy atom. The maximum atomic E-state index is 12.4. The highest BCUT2D eigenvalue weighted by molar-refractivity contribution is 5.93. The van der Waals surface area contributed by atoms with Gasteiger partial charge in [-0.05, 0) is 11.6 Å². The number of aryl methyl sites for hydroxylation is 1. The number of benzene rings is 1. The molecule has 5 heteroatoms.